The molecule has 1 aliphatic rings. The van der Waals surface area contributed by atoms with Gasteiger partial charge in [0.1, 0.15) is 21.3 Å². The molecule has 0 atom stereocenters. The maximum absolute atomic E-state index is 13.4. The Morgan fingerprint density at radius 3 is 2.52 bits per heavy atom. The van der Waals surface area contributed by atoms with Crippen LogP contribution in [0.5, 0.6) is 0 Å². The van der Waals surface area contributed by atoms with E-state index < -0.39 is 5.91 Å². The molecule has 1 saturated heterocycles. The predicted octanol–water partition coefficient (Wildman–Crippen LogP) is 2.71. The van der Waals surface area contributed by atoms with Gasteiger partial charge in [0.15, 0.2) is 0 Å². The van der Waals surface area contributed by atoms with E-state index in [1.807, 2.05) is 6.07 Å². The minimum Gasteiger partial charge on any atom is -0.397 e. The van der Waals surface area contributed by atoms with E-state index in [2.05, 4.69) is 4.90 Å². The van der Waals surface area contributed by atoms with Gasteiger partial charge in [0.05, 0.1) is 5.69 Å². The molecule has 0 unspecified atom stereocenters. The quantitative estimate of drug-likeness (QED) is 0.642. The van der Waals surface area contributed by atoms with Crippen LogP contribution in [-0.2, 0) is 0 Å². The maximum Gasteiger partial charge on any atom is 0.260 e. The smallest absolute Gasteiger partial charge is 0.260 e. The maximum atomic E-state index is 13.4. The lowest BCUT2D eigenvalue weighted by Gasteiger charge is -2.31. The summed E-state index contributed by atoms with van der Waals surface area (Å²) in [6, 6.07) is 8.35. The van der Waals surface area contributed by atoms with Gasteiger partial charge in [-0.2, -0.15) is 0 Å². The highest BCUT2D eigenvalue weighted by atomic mass is 32.1. The van der Waals surface area contributed by atoms with Crippen LogP contribution in [0, 0.1) is 5.82 Å². The first-order chi connectivity index (χ1) is 12.9. The first-order valence-corrected chi connectivity index (χ1v) is 9.55. The molecule has 3 aromatic rings. The zero-order chi connectivity index (χ0) is 19.1. The third-order valence-corrected chi connectivity index (χ3v) is 6.04. The molecule has 27 heavy (non-hydrogen) atoms. The fourth-order valence-corrected chi connectivity index (χ4v) is 4.41. The molecular weight excluding hydrogens is 365 g/mol. The van der Waals surface area contributed by atoms with Crippen molar-refractivity contribution in [3.63, 3.8) is 0 Å². The molecule has 0 radical (unpaired) electrons. The van der Waals surface area contributed by atoms with Gasteiger partial charge < -0.3 is 22.1 Å². The van der Waals surface area contributed by atoms with Crippen molar-refractivity contribution in [2.24, 2.45) is 11.5 Å². The van der Waals surface area contributed by atoms with Crippen molar-refractivity contribution >= 4 is 39.0 Å². The summed E-state index contributed by atoms with van der Waals surface area (Å²) >= 11 is 1.19. The summed E-state index contributed by atoms with van der Waals surface area (Å²) in [6.07, 6.45) is 1.79. The summed E-state index contributed by atoms with van der Waals surface area (Å²) in [5.74, 6) is -0.0949. The summed E-state index contributed by atoms with van der Waals surface area (Å²) in [6.45, 7) is 1.62. The van der Waals surface area contributed by atoms with Crippen molar-refractivity contribution in [3.8, 4) is 11.1 Å². The van der Waals surface area contributed by atoms with Gasteiger partial charge in [-0.05, 0) is 42.2 Å². The fraction of sp³-hybridized carbons (Fsp3) is 0.263. The normalized spacial score (nSPS) is 15.4. The van der Waals surface area contributed by atoms with E-state index in [1.54, 1.807) is 12.1 Å². The Morgan fingerprint density at radius 1 is 1.22 bits per heavy atom. The van der Waals surface area contributed by atoms with Gasteiger partial charge >= 0.3 is 0 Å². The second kappa shape index (κ2) is 6.79. The number of piperidine rings is 1. The average Bonchev–Trinajstić information content (AvgIpc) is 2.99. The molecule has 0 spiro atoms. The Morgan fingerprint density at radius 2 is 1.89 bits per heavy atom. The topological polar surface area (TPSA) is 111 Å². The highest BCUT2D eigenvalue weighted by Gasteiger charge is 2.23. The molecule has 1 aromatic carbocycles. The second-order valence-corrected chi connectivity index (χ2v) is 7.75. The Labute approximate surface area is 159 Å². The van der Waals surface area contributed by atoms with Gasteiger partial charge in [-0.3, -0.25) is 4.79 Å². The number of aromatic nitrogens is 1. The molecule has 6 nitrogen and oxygen atoms in total. The number of nitrogen functional groups attached to an aromatic ring is 1. The molecular formula is C19H20FN5OS. The van der Waals surface area contributed by atoms with Crippen LogP contribution in [0.25, 0.3) is 21.3 Å². The number of nitrogens with zero attached hydrogens (tertiary/aromatic N) is 2. The number of rotatable bonds is 3. The molecule has 1 fully saturated rings. The number of thiophene rings is 1. The average molecular weight is 385 g/mol. The molecule has 140 valence electrons. The number of hydrogen-bond donors (Lipinski definition) is 3. The molecule has 3 heterocycles. The van der Waals surface area contributed by atoms with Crippen LogP contribution in [0.1, 0.15) is 22.5 Å². The molecule has 0 aliphatic carbocycles. The van der Waals surface area contributed by atoms with Crippen molar-refractivity contribution in [1.29, 1.82) is 0 Å². The summed E-state index contributed by atoms with van der Waals surface area (Å²) in [5, 5.41) is 0.679. The number of carbonyl (C=O) groups is 1. The Hall–Kier alpha value is -2.71. The molecule has 1 amide bonds. The SMILES string of the molecule is NC(=O)c1sc2nc(N3CCC(N)CC3)cc(-c3ccc(F)cc3)c2c1N. The van der Waals surface area contributed by atoms with Crippen molar-refractivity contribution in [2.45, 2.75) is 18.9 Å². The van der Waals surface area contributed by atoms with E-state index in [9.17, 15) is 9.18 Å². The van der Waals surface area contributed by atoms with Crippen molar-refractivity contribution < 1.29 is 9.18 Å². The summed E-state index contributed by atoms with van der Waals surface area (Å²) in [5.41, 5.74) is 19.6. The summed E-state index contributed by atoms with van der Waals surface area (Å²) in [7, 11) is 0. The first kappa shape index (κ1) is 17.7. The summed E-state index contributed by atoms with van der Waals surface area (Å²) < 4.78 is 13.4. The lowest BCUT2D eigenvalue weighted by Crippen LogP contribution is -2.40. The van der Waals surface area contributed by atoms with Crippen LogP contribution >= 0.6 is 11.3 Å². The van der Waals surface area contributed by atoms with E-state index in [0.29, 0.717) is 20.8 Å². The van der Waals surface area contributed by atoms with E-state index in [4.69, 9.17) is 22.2 Å². The van der Waals surface area contributed by atoms with Gasteiger partial charge in [-0.25, -0.2) is 9.37 Å². The third kappa shape index (κ3) is 3.22. The van der Waals surface area contributed by atoms with Crippen molar-refractivity contribution in [2.75, 3.05) is 23.7 Å². The van der Waals surface area contributed by atoms with Crippen LogP contribution in [-0.4, -0.2) is 30.0 Å². The lowest BCUT2D eigenvalue weighted by molar-refractivity contribution is 0.100. The first-order valence-electron chi connectivity index (χ1n) is 8.73. The Kier molecular flexibility index (Phi) is 4.45. The number of carbonyl (C=O) groups excluding carboxylic acids is 1. The van der Waals surface area contributed by atoms with Gasteiger partial charge in [0, 0.05) is 24.5 Å². The number of anilines is 2. The number of pyridine rings is 1. The van der Waals surface area contributed by atoms with Crippen LogP contribution in [0.3, 0.4) is 0 Å². The number of primary amides is 1. The highest BCUT2D eigenvalue weighted by Crippen LogP contribution is 2.41. The van der Waals surface area contributed by atoms with E-state index in [-0.39, 0.29) is 11.9 Å². The number of hydrogen-bond acceptors (Lipinski definition) is 6. The van der Waals surface area contributed by atoms with Gasteiger partial charge in [0.2, 0.25) is 0 Å². The fourth-order valence-electron chi connectivity index (χ4n) is 3.44. The second-order valence-electron chi connectivity index (χ2n) is 6.75. The summed E-state index contributed by atoms with van der Waals surface area (Å²) in [4.78, 5) is 19.6. The number of benzene rings is 1. The highest BCUT2D eigenvalue weighted by molar-refractivity contribution is 7.21. The van der Waals surface area contributed by atoms with Crippen LogP contribution in [0.4, 0.5) is 15.9 Å². The molecule has 1 aliphatic heterocycles. The van der Waals surface area contributed by atoms with Crippen LogP contribution in [0.2, 0.25) is 0 Å². The van der Waals surface area contributed by atoms with E-state index in [1.165, 1.54) is 23.5 Å². The van der Waals surface area contributed by atoms with Gasteiger partial charge in [0.25, 0.3) is 5.91 Å². The monoisotopic (exact) mass is 385 g/mol. The molecule has 2 aromatic heterocycles. The lowest BCUT2D eigenvalue weighted by atomic mass is 10.0. The van der Waals surface area contributed by atoms with Crippen molar-refractivity contribution in [3.05, 3.63) is 41.0 Å². The molecule has 6 N–H and O–H groups in total. The number of halogens is 1. The van der Waals surface area contributed by atoms with E-state index in [0.717, 1.165) is 42.9 Å². The van der Waals surface area contributed by atoms with Gasteiger partial charge in [-0.1, -0.05) is 12.1 Å². The number of amides is 1. The third-order valence-electron chi connectivity index (χ3n) is 4.93. The zero-order valence-electron chi connectivity index (χ0n) is 14.6. The van der Waals surface area contributed by atoms with Crippen molar-refractivity contribution in [1.82, 2.24) is 4.98 Å². The largest absolute Gasteiger partial charge is 0.397 e. The number of fused-ring (bicyclic) bond motifs is 1. The van der Waals surface area contributed by atoms with Crippen LogP contribution in [0.15, 0.2) is 30.3 Å². The van der Waals surface area contributed by atoms with E-state index >= 15 is 0 Å². The van der Waals surface area contributed by atoms with Gasteiger partial charge in [-0.15, -0.1) is 11.3 Å². The standard InChI is InChI=1S/C19H20FN5OS/c20-11-3-1-10(2-4-11)13-9-14(25-7-5-12(21)6-8-25)24-19-15(13)16(22)17(27-19)18(23)26/h1-4,9,12H,5-8,21-22H2,(H2,23,26). The molecule has 0 bridgehead atoms. The van der Waals surface area contributed by atoms with Crippen LogP contribution < -0.4 is 22.1 Å². The molecule has 8 heteroatoms. The minimum absolute atomic E-state index is 0.209. The zero-order valence-corrected chi connectivity index (χ0v) is 15.4. The Balaban J connectivity index is 1.91. The number of nitrogens with two attached hydrogens (primary N) is 3. The predicted molar refractivity (Wildman–Crippen MR) is 107 cm³/mol. The molecule has 4 rings (SSSR count). The minimum atomic E-state index is -0.578. The Bertz CT molecular complexity index is 1010. The molecule has 0 saturated carbocycles.